The third kappa shape index (κ3) is 7.77. The number of aliphatic imine (C=N–C) groups is 1. The highest BCUT2D eigenvalue weighted by atomic mass is 127. The van der Waals surface area contributed by atoms with Gasteiger partial charge in [-0.1, -0.05) is 0 Å². The summed E-state index contributed by atoms with van der Waals surface area (Å²) in [4.78, 5) is 10.7. The molecule has 0 spiro atoms. The first-order chi connectivity index (χ1) is 12.7. The van der Waals surface area contributed by atoms with Crippen molar-refractivity contribution in [3.05, 3.63) is 20.8 Å². The molecule has 0 saturated carbocycles. The van der Waals surface area contributed by atoms with E-state index in [9.17, 15) is 0 Å². The molecular weight excluding hydrogens is 543 g/mol. The van der Waals surface area contributed by atoms with Crippen LogP contribution >= 0.6 is 51.2 Å². The van der Waals surface area contributed by atoms with Crippen molar-refractivity contribution < 1.29 is 9.47 Å². The van der Waals surface area contributed by atoms with E-state index in [0.717, 1.165) is 64.7 Å². The lowest BCUT2D eigenvalue weighted by Crippen LogP contribution is -2.52. The van der Waals surface area contributed by atoms with Gasteiger partial charge in [-0.15, -0.1) is 35.3 Å². The molecule has 0 aliphatic carbocycles. The Balaban J connectivity index is 0.00000261. The second-order valence-corrected chi connectivity index (χ2v) is 9.20. The van der Waals surface area contributed by atoms with Crippen LogP contribution in [0.2, 0.25) is 0 Å². The van der Waals surface area contributed by atoms with Gasteiger partial charge in [0, 0.05) is 57.8 Å². The van der Waals surface area contributed by atoms with Gasteiger partial charge in [0.2, 0.25) is 0 Å². The van der Waals surface area contributed by atoms with Crippen LogP contribution in [0.4, 0.5) is 0 Å². The number of ether oxygens (including phenoxy) is 2. The van der Waals surface area contributed by atoms with Crippen molar-refractivity contribution in [2.45, 2.75) is 25.5 Å². The molecule has 2 saturated heterocycles. The number of hydrogen-bond acceptors (Lipinski definition) is 5. The highest BCUT2D eigenvalue weighted by Crippen LogP contribution is 2.23. The van der Waals surface area contributed by atoms with Crippen LogP contribution in [-0.2, 0) is 16.0 Å². The van der Waals surface area contributed by atoms with Crippen LogP contribution in [0.25, 0.3) is 0 Å². The summed E-state index contributed by atoms with van der Waals surface area (Å²) in [6, 6.07) is 4.33. The van der Waals surface area contributed by atoms with E-state index >= 15 is 0 Å². The molecule has 2 fully saturated rings. The van der Waals surface area contributed by atoms with Gasteiger partial charge >= 0.3 is 0 Å². The molecule has 3 heterocycles. The zero-order valence-corrected chi connectivity index (χ0v) is 20.6. The summed E-state index contributed by atoms with van der Waals surface area (Å²) >= 11 is 5.36. The molecule has 27 heavy (non-hydrogen) atoms. The summed E-state index contributed by atoms with van der Waals surface area (Å²) in [6.07, 6.45) is 2.59. The average molecular weight is 573 g/mol. The zero-order valence-electron chi connectivity index (χ0n) is 15.9. The maximum Gasteiger partial charge on any atom is 0.193 e. The summed E-state index contributed by atoms with van der Waals surface area (Å²) < 4.78 is 12.5. The number of thiophene rings is 1. The second kappa shape index (κ2) is 12.6. The number of piperazine rings is 1. The van der Waals surface area contributed by atoms with Gasteiger partial charge in [-0.25, -0.2) is 0 Å². The van der Waals surface area contributed by atoms with Crippen LogP contribution in [0, 0.1) is 0 Å². The lowest BCUT2D eigenvalue weighted by Gasteiger charge is -2.36. The van der Waals surface area contributed by atoms with Gasteiger partial charge in [-0.3, -0.25) is 9.89 Å². The minimum Gasteiger partial charge on any atom is -0.377 e. The van der Waals surface area contributed by atoms with Crippen LogP contribution in [0.3, 0.4) is 0 Å². The van der Waals surface area contributed by atoms with E-state index in [2.05, 4.69) is 48.2 Å². The maximum atomic E-state index is 5.71. The Hall–Kier alpha value is 0.0600. The van der Waals surface area contributed by atoms with Crippen LogP contribution < -0.4 is 5.32 Å². The molecule has 0 radical (unpaired) electrons. The topological polar surface area (TPSA) is 49.3 Å². The molecule has 2 aliphatic rings. The lowest BCUT2D eigenvalue weighted by molar-refractivity contribution is 0.0189. The molecular formula is C18H30BrIN4O2S. The van der Waals surface area contributed by atoms with Crippen LogP contribution in [0.1, 0.15) is 17.7 Å². The van der Waals surface area contributed by atoms with Crippen molar-refractivity contribution in [2.24, 2.45) is 4.99 Å². The molecule has 0 amide bonds. The molecule has 0 bridgehead atoms. The summed E-state index contributed by atoms with van der Waals surface area (Å²) in [5, 5.41) is 3.42. The minimum atomic E-state index is 0. The molecule has 1 N–H and O–H groups in total. The van der Waals surface area contributed by atoms with Crippen LogP contribution in [0.15, 0.2) is 20.9 Å². The molecule has 1 aromatic heterocycles. The molecule has 1 aromatic rings. The first kappa shape index (κ1) is 23.3. The largest absolute Gasteiger partial charge is 0.377 e. The Bertz CT molecular complexity index is 575. The maximum absolute atomic E-state index is 5.71. The van der Waals surface area contributed by atoms with Gasteiger partial charge in [0.15, 0.2) is 5.96 Å². The first-order valence-corrected chi connectivity index (χ1v) is 11.0. The van der Waals surface area contributed by atoms with E-state index < -0.39 is 0 Å². The Labute approximate surface area is 191 Å². The fourth-order valence-electron chi connectivity index (χ4n) is 3.33. The molecule has 1 unspecified atom stereocenters. The fraction of sp³-hybridized carbons (Fsp3) is 0.722. The normalized spacial score (nSPS) is 21.3. The molecule has 0 aromatic carbocycles. The van der Waals surface area contributed by atoms with Crippen molar-refractivity contribution in [1.29, 1.82) is 0 Å². The number of halogens is 2. The molecule has 2 aliphatic heterocycles. The van der Waals surface area contributed by atoms with Crippen LogP contribution in [0.5, 0.6) is 0 Å². The average Bonchev–Trinajstić information content (AvgIpc) is 3.31. The zero-order chi connectivity index (χ0) is 18.2. The number of hydrogen-bond donors (Lipinski definition) is 1. The SMILES string of the molecule is CN=C(NCCOCC1CCCO1)N1CCN(Cc2ccc(Br)s2)CC1.I. The first-order valence-electron chi connectivity index (χ1n) is 9.36. The van der Waals surface area contributed by atoms with Crippen molar-refractivity contribution in [2.75, 3.05) is 59.6 Å². The van der Waals surface area contributed by atoms with E-state index in [-0.39, 0.29) is 24.0 Å². The van der Waals surface area contributed by atoms with E-state index in [0.29, 0.717) is 19.3 Å². The molecule has 1 atom stereocenters. The van der Waals surface area contributed by atoms with Gasteiger partial charge in [0.25, 0.3) is 0 Å². The summed E-state index contributed by atoms with van der Waals surface area (Å²) in [5.74, 6) is 0.976. The predicted octanol–water partition coefficient (Wildman–Crippen LogP) is 3.02. The lowest BCUT2D eigenvalue weighted by atomic mass is 10.2. The smallest absolute Gasteiger partial charge is 0.193 e. The monoisotopic (exact) mass is 572 g/mol. The van der Waals surface area contributed by atoms with Gasteiger partial charge in [-0.2, -0.15) is 0 Å². The third-order valence-electron chi connectivity index (χ3n) is 4.75. The molecule has 9 heteroatoms. The second-order valence-electron chi connectivity index (χ2n) is 6.65. The predicted molar refractivity (Wildman–Crippen MR) is 125 cm³/mol. The summed E-state index contributed by atoms with van der Waals surface area (Å²) in [7, 11) is 1.85. The number of rotatable bonds is 7. The fourth-order valence-corrected chi connectivity index (χ4v) is 4.86. The summed E-state index contributed by atoms with van der Waals surface area (Å²) in [6.45, 7) is 8.22. The standard InChI is InChI=1S/C18H29BrN4O2S.HI/c1-20-18(21-6-12-24-14-15-3-2-11-25-15)23-9-7-22(8-10-23)13-16-4-5-17(19)26-16;/h4-5,15H,2-3,6-14H2,1H3,(H,20,21);1H. The van der Waals surface area contributed by atoms with Gasteiger partial charge in [0.1, 0.15) is 0 Å². The van der Waals surface area contributed by atoms with Crippen molar-refractivity contribution >= 4 is 57.2 Å². The Kier molecular flexibility index (Phi) is 10.9. The highest BCUT2D eigenvalue weighted by Gasteiger charge is 2.20. The van der Waals surface area contributed by atoms with E-state index in [4.69, 9.17) is 9.47 Å². The van der Waals surface area contributed by atoms with E-state index in [1.807, 2.05) is 18.4 Å². The van der Waals surface area contributed by atoms with Crippen molar-refractivity contribution in [3.63, 3.8) is 0 Å². The number of guanidine groups is 1. The van der Waals surface area contributed by atoms with E-state index in [1.54, 1.807) is 0 Å². The quantitative estimate of drug-likeness (QED) is 0.236. The third-order valence-corrected chi connectivity index (χ3v) is 6.36. The number of nitrogens with zero attached hydrogens (tertiary/aromatic N) is 3. The van der Waals surface area contributed by atoms with Crippen molar-refractivity contribution in [3.8, 4) is 0 Å². The minimum absolute atomic E-state index is 0. The molecule has 6 nitrogen and oxygen atoms in total. The number of nitrogens with one attached hydrogen (secondary N) is 1. The highest BCUT2D eigenvalue weighted by molar-refractivity contribution is 14.0. The van der Waals surface area contributed by atoms with Gasteiger partial charge in [0.05, 0.1) is 23.1 Å². The Morgan fingerprint density at radius 2 is 2.19 bits per heavy atom. The Morgan fingerprint density at radius 3 is 2.81 bits per heavy atom. The van der Waals surface area contributed by atoms with E-state index in [1.165, 1.54) is 8.66 Å². The van der Waals surface area contributed by atoms with Crippen molar-refractivity contribution in [1.82, 2.24) is 15.1 Å². The molecule has 154 valence electrons. The van der Waals surface area contributed by atoms with Gasteiger partial charge in [-0.05, 0) is 40.9 Å². The molecule has 3 rings (SSSR count). The van der Waals surface area contributed by atoms with Crippen LogP contribution in [-0.4, -0.2) is 81.5 Å². The summed E-state index contributed by atoms with van der Waals surface area (Å²) in [5.41, 5.74) is 0. The van der Waals surface area contributed by atoms with Gasteiger partial charge < -0.3 is 19.7 Å². The Morgan fingerprint density at radius 1 is 1.37 bits per heavy atom.